The molecule has 4 heteroatoms. The SMILES string of the molecule is Cc1cc(C(=O)N[C@@H]2CC=CCC2)no1. The number of nitrogens with one attached hydrogen (secondary N) is 1. The average molecular weight is 206 g/mol. The molecule has 0 fully saturated rings. The van der Waals surface area contributed by atoms with Gasteiger partial charge in [0, 0.05) is 12.1 Å². The second-order valence-electron chi connectivity index (χ2n) is 3.78. The van der Waals surface area contributed by atoms with Gasteiger partial charge in [-0.3, -0.25) is 4.79 Å². The van der Waals surface area contributed by atoms with Crippen molar-refractivity contribution in [1.29, 1.82) is 0 Å². The molecular formula is C11H14N2O2. The number of nitrogens with zero attached hydrogens (tertiary/aromatic N) is 1. The Morgan fingerprint density at radius 3 is 3.07 bits per heavy atom. The van der Waals surface area contributed by atoms with E-state index in [9.17, 15) is 4.79 Å². The molecule has 0 aliphatic heterocycles. The maximum Gasteiger partial charge on any atom is 0.273 e. The van der Waals surface area contributed by atoms with Crippen LogP contribution in [0.25, 0.3) is 0 Å². The summed E-state index contributed by atoms with van der Waals surface area (Å²) in [6.45, 7) is 1.77. The predicted octanol–water partition coefficient (Wildman–Crippen LogP) is 1.82. The van der Waals surface area contributed by atoms with E-state index in [-0.39, 0.29) is 11.9 Å². The van der Waals surface area contributed by atoms with Crippen molar-refractivity contribution < 1.29 is 9.32 Å². The topological polar surface area (TPSA) is 55.1 Å². The van der Waals surface area contributed by atoms with Crippen molar-refractivity contribution in [3.05, 3.63) is 29.7 Å². The van der Waals surface area contributed by atoms with Crippen LogP contribution in [-0.2, 0) is 0 Å². The minimum Gasteiger partial charge on any atom is -0.361 e. The first-order valence-electron chi connectivity index (χ1n) is 5.15. The standard InChI is InChI=1S/C11H14N2O2/c1-8-7-10(13-15-8)11(14)12-9-5-3-2-4-6-9/h2-3,7,9H,4-6H2,1H3,(H,12,14)/t9-/m1/s1. The Morgan fingerprint density at radius 1 is 1.60 bits per heavy atom. The molecule has 0 saturated carbocycles. The zero-order chi connectivity index (χ0) is 10.7. The molecule has 15 heavy (non-hydrogen) atoms. The van der Waals surface area contributed by atoms with Gasteiger partial charge < -0.3 is 9.84 Å². The first-order chi connectivity index (χ1) is 7.25. The molecule has 1 aliphatic carbocycles. The number of hydrogen-bond acceptors (Lipinski definition) is 3. The smallest absolute Gasteiger partial charge is 0.273 e. The summed E-state index contributed by atoms with van der Waals surface area (Å²) in [4.78, 5) is 11.7. The first kappa shape index (κ1) is 9.96. The summed E-state index contributed by atoms with van der Waals surface area (Å²) in [5.41, 5.74) is 0.363. The van der Waals surface area contributed by atoms with Crippen LogP contribution >= 0.6 is 0 Å². The molecule has 1 amide bonds. The molecule has 1 atom stereocenters. The van der Waals surface area contributed by atoms with Crippen molar-refractivity contribution in [3.8, 4) is 0 Å². The summed E-state index contributed by atoms with van der Waals surface area (Å²) in [6, 6.07) is 1.88. The van der Waals surface area contributed by atoms with Gasteiger partial charge >= 0.3 is 0 Å². The summed E-state index contributed by atoms with van der Waals surface area (Å²) in [5, 5.41) is 6.61. The molecule has 0 aromatic carbocycles. The lowest BCUT2D eigenvalue weighted by molar-refractivity contribution is 0.0925. The fourth-order valence-corrected chi connectivity index (χ4v) is 1.66. The molecule has 1 aromatic heterocycles. The summed E-state index contributed by atoms with van der Waals surface area (Å²) < 4.78 is 4.85. The highest BCUT2D eigenvalue weighted by atomic mass is 16.5. The summed E-state index contributed by atoms with van der Waals surface area (Å²) in [5.74, 6) is 0.510. The number of rotatable bonds is 2. The van der Waals surface area contributed by atoms with Crippen LogP contribution in [0.2, 0.25) is 0 Å². The molecule has 0 bridgehead atoms. The summed E-state index contributed by atoms with van der Waals surface area (Å²) in [6.07, 6.45) is 7.18. The van der Waals surface area contributed by atoms with Gasteiger partial charge in [-0.25, -0.2) is 0 Å². The van der Waals surface area contributed by atoms with Crippen molar-refractivity contribution in [2.45, 2.75) is 32.2 Å². The van der Waals surface area contributed by atoms with Crippen LogP contribution in [0, 0.1) is 6.92 Å². The zero-order valence-corrected chi connectivity index (χ0v) is 8.69. The van der Waals surface area contributed by atoms with E-state index in [0.29, 0.717) is 11.5 Å². The molecule has 2 rings (SSSR count). The van der Waals surface area contributed by atoms with Crippen molar-refractivity contribution in [2.24, 2.45) is 0 Å². The number of carbonyl (C=O) groups is 1. The molecule has 80 valence electrons. The molecule has 0 spiro atoms. The molecular weight excluding hydrogens is 192 g/mol. The van der Waals surface area contributed by atoms with Crippen LogP contribution in [0.5, 0.6) is 0 Å². The highest BCUT2D eigenvalue weighted by molar-refractivity contribution is 5.92. The Bertz CT molecular complexity index is 382. The second kappa shape index (κ2) is 4.29. The van der Waals surface area contributed by atoms with E-state index in [4.69, 9.17) is 4.52 Å². The van der Waals surface area contributed by atoms with E-state index in [1.165, 1.54) is 0 Å². The van der Waals surface area contributed by atoms with Crippen LogP contribution in [0.4, 0.5) is 0 Å². The maximum atomic E-state index is 11.7. The van der Waals surface area contributed by atoms with Crippen molar-refractivity contribution in [1.82, 2.24) is 10.5 Å². The lowest BCUT2D eigenvalue weighted by Crippen LogP contribution is -2.35. The van der Waals surface area contributed by atoms with E-state index in [2.05, 4.69) is 22.6 Å². The van der Waals surface area contributed by atoms with E-state index < -0.39 is 0 Å². The molecule has 0 radical (unpaired) electrons. The second-order valence-corrected chi connectivity index (χ2v) is 3.78. The Balaban J connectivity index is 1.94. The fourth-order valence-electron chi connectivity index (χ4n) is 1.66. The Hall–Kier alpha value is -1.58. The third-order valence-electron chi connectivity index (χ3n) is 2.46. The zero-order valence-electron chi connectivity index (χ0n) is 8.69. The van der Waals surface area contributed by atoms with Gasteiger partial charge in [0.2, 0.25) is 0 Å². The number of carbonyl (C=O) groups excluding carboxylic acids is 1. The molecule has 0 saturated heterocycles. The van der Waals surface area contributed by atoms with Gasteiger partial charge in [-0.15, -0.1) is 0 Å². The lowest BCUT2D eigenvalue weighted by atomic mass is 10.0. The van der Waals surface area contributed by atoms with E-state index in [1.54, 1.807) is 13.0 Å². The Labute approximate surface area is 88.3 Å². The van der Waals surface area contributed by atoms with Crippen molar-refractivity contribution in [3.63, 3.8) is 0 Å². The number of amides is 1. The van der Waals surface area contributed by atoms with Crippen molar-refractivity contribution >= 4 is 5.91 Å². The number of allylic oxidation sites excluding steroid dienone is 1. The number of aromatic nitrogens is 1. The molecule has 1 heterocycles. The Kier molecular flexibility index (Phi) is 2.85. The molecule has 1 aliphatic rings. The van der Waals surface area contributed by atoms with E-state index in [0.717, 1.165) is 19.3 Å². The molecule has 1 aromatic rings. The third-order valence-corrected chi connectivity index (χ3v) is 2.46. The van der Waals surface area contributed by atoms with Crippen molar-refractivity contribution in [2.75, 3.05) is 0 Å². The van der Waals surface area contributed by atoms with E-state index >= 15 is 0 Å². The highest BCUT2D eigenvalue weighted by Crippen LogP contribution is 2.11. The monoisotopic (exact) mass is 206 g/mol. The number of aryl methyl sites for hydroxylation is 1. The number of hydrogen-bond donors (Lipinski definition) is 1. The summed E-state index contributed by atoms with van der Waals surface area (Å²) in [7, 11) is 0. The van der Waals surface area contributed by atoms with Gasteiger partial charge in [0.1, 0.15) is 5.76 Å². The predicted molar refractivity (Wildman–Crippen MR) is 55.5 cm³/mol. The van der Waals surface area contributed by atoms with Gasteiger partial charge in [0.15, 0.2) is 5.69 Å². The minimum absolute atomic E-state index is 0.146. The molecule has 1 N–H and O–H groups in total. The van der Waals surface area contributed by atoms with E-state index in [1.807, 2.05) is 0 Å². The fraction of sp³-hybridized carbons (Fsp3) is 0.455. The highest BCUT2D eigenvalue weighted by Gasteiger charge is 2.16. The van der Waals surface area contributed by atoms with Crippen LogP contribution in [0.1, 0.15) is 35.5 Å². The first-order valence-corrected chi connectivity index (χ1v) is 5.15. The van der Waals surface area contributed by atoms with Crippen LogP contribution in [-0.4, -0.2) is 17.1 Å². The quantitative estimate of drug-likeness (QED) is 0.751. The van der Waals surface area contributed by atoms with Gasteiger partial charge in [0.05, 0.1) is 0 Å². The third kappa shape index (κ3) is 2.46. The largest absolute Gasteiger partial charge is 0.361 e. The minimum atomic E-state index is -0.146. The van der Waals surface area contributed by atoms with Gasteiger partial charge in [0.25, 0.3) is 5.91 Å². The van der Waals surface area contributed by atoms with Gasteiger partial charge in [-0.1, -0.05) is 17.3 Å². The Morgan fingerprint density at radius 2 is 2.47 bits per heavy atom. The van der Waals surface area contributed by atoms with Crippen LogP contribution in [0.3, 0.4) is 0 Å². The van der Waals surface area contributed by atoms with Crippen LogP contribution in [0.15, 0.2) is 22.7 Å². The van der Waals surface area contributed by atoms with Crippen LogP contribution < -0.4 is 5.32 Å². The molecule has 4 nitrogen and oxygen atoms in total. The lowest BCUT2D eigenvalue weighted by Gasteiger charge is -2.18. The van der Waals surface area contributed by atoms with Gasteiger partial charge in [-0.05, 0) is 26.2 Å². The normalized spacial score (nSPS) is 20.2. The maximum absolute atomic E-state index is 11.7. The average Bonchev–Trinajstić information content (AvgIpc) is 2.66. The summed E-state index contributed by atoms with van der Waals surface area (Å²) >= 11 is 0. The van der Waals surface area contributed by atoms with Gasteiger partial charge in [-0.2, -0.15) is 0 Å². The molecule has 0 unspecified atom stereocenters.